The predicted molar refractivity (Wildman–Crippen MR) is 65.7 cm³/mol. The Bertz CT molecular complexity index is 439. The van der Waals surface area contributed by atoms with Crippen molar-refractivity contribution in [2.75, 3.05) is 11.9 Å². The molecule has 0 aromatic carbocycles. The van der Waals surface area contributed by atoms with Crippen LogP contribution in [0.3, 0.4) is 0 Å². The molecule has 0 aliphatic heterocycles. The van der Waals surface area contributed by atoms with E-state index in [0.29, 0.717) is 0 Å². The van der Waals surface area contributed by atoms with Gasteiger partial charge in [0.1, 0.15) is 5.60 Å². The summed E-state index contributed by atoms with van der Waals surface area (Å²) >= 11 is 0.884. The molecule has 1 amide bonds. The summed E-state index contributed by atoms with van der Waals surface area (Å²) < 4.78 is 13.4. The standard InChI is InChI=1S/C10H15N3O4S/c1-5-16-8(14)6-7(18-13-12-6)11-9(15)17-10(2,3)4/h5H2,1-4H3,(H,11,15). The molecular weight excluding hydrogens is 258 g/mol. The molecule has 0 fully saturated rings. The number of carbonyl (C=O) groups is 2. The summed E-state index contributed by atoms with van der Waals surface area (Å²) in [5, 5.41) is 6.24. The molecule has 0 radical (unpaired) electrons. The van der Waals surface area contributed by atoms with E-state index in [1.54, 1.807) is 27.7 Å². The normalized spacial score (nSPS) is 10.9. The maximum absolute atomic E-state index is 11.5. The van der Waals surface area contributed by atoms with Crippen LogP contribution in [0, 0.1) is 0 Å². The Kier molecular flexibility index (Phi) is 4.60. The smallest absolute Gasteiger partial charge is 0.412 e. The van der Waals surface area contributed by atoms with Crippen LogP contribution < -0.4 is 5.32 Å². The van der Waals surface area contributed by atoms with Crippen molar-refractivity contribution < 1.29 is 19.1 Å². The molecule has 0 aliphatic rings. The van der Waals surface area contributed by atoms with E-state index in [2.05, 4.69) is 14.9 Å². The number of aromatic nitrogens is 2. The first kappa shape index (κ1) is 14.4. The minimum Gasteiger partial charge on any atom is -0.461 e. The third-order valence-corrected chi connectivity index (χ3v) is 2.21. The molecule has 1 N–H and O–H groups in total. The van der Waals surface area contributed by atoms with E-state index in [0.717, 1.165) is 11.5 Å². The van der Waals surface area contributed by atoms with E-state index < -0.39 is 17.7 Å². The van der Waals surface area contributed by atoms with Crippen LogP contribution in [0.2, 0.25) is 0 Å². The van der Waals surface area contributed by atoms with E-state index in [-0.39, 0.29) is 17.3 Å². The minimum absolute atomic E-state index is 0.0206. The van der Waals surface area contributed by atoms with Gasteiger partial charge >= 0.3 is 12.1 Å². The summed E-state index contributed by atoms with van der Waals surface area (Å²) in [6.07, 6.45) is -0.668. The largest absolute Gasteiger partial charge is 0.461 e. The van der Waals surface area contributed by atoms with Crippen LogP contribution in [0.5, 0.6) is 0 Å². The van der Waals surface area contributed by atoms with Crippen molar-refractivity contribution in [2.24, 2.45) is 0 Å². The molecular formula is C10H15N3O4S. The summed E-state index contributed by atoms with van der Waals surface area (Å²) in [4.78, 5) is 23.0. The van der Waals surface area contributed by atoms with Gasteiger partial charge in [-0.3, -0.25) is 5.32 Å². The highest BCUT2D eigenvalue weighted by atomic mass is 32.1. The van der Waals surface area contributed by atoms with Crippen molar-refractivity contribution in [1.29, 1.82) is 0 Å². The van der Waals surface area contributed by atoms with Gasteiger partial charge in [-0.2, -0.15) is 0 Å². The van der Waals surface area contributed by atoms with E-state index in [1.165, 1.54) is 0 Å². The molecule has 1 rings (SSSR count). The second-order valence-electron chi connectivity index (χ2n) is 4.30. The highest BCUT2D eigenvalue weighted by Gasteiger charge is 2.22. The van der Waals surface area contributed by atoms with Gasteiger partial charge < -0.3 is 9.47 Å². The summed E-state index contributed by atoms with van der Waals surface area (Å²) in [6, 6.07) is 0. The van der Waals surface area contributed by atoms with Crippen molar-refractivity contribution >= 4 is 28.6 Å². The molecule has 0 unspecified atom stereocenters. The summed E-state index contributed by atoms with van der Waals surface area (Å²) in [6.45, 7) is 7.12. The zero-order valence-electron chi connectivity index (χ0n) is 10.6. The Balaban J connectivity index is 2.71. The number of hydrogen-bond acceptors (Lipinski definition) is 7. The fourth-order valence-electron chi connectivity index (χ4n) is 1.00. The van der Waals surface area contributed by atoms with Crippen LogP contribution in [0.15, 0.2) is 0 Å². The topological polar surface area (TPSA) is 90.4 Å². The number of hydrogen-bond donors (Lipinski definition) is 1. The van der Waals surface area contributed by atoms with E-state index >= 15 is 0 Å². The van der Waals surface area contributed by atoms with Gasteiger partial charge in [-0.05, 0) is 27.7 Å². The lowest BCUT2D eigenvalue weighted by atomic mass is 10.2. The third kappa shape index (κ3) is 4.28. The number of ether oxygens (including phenoxy) is 2. The quantitative estimate of drug-likeness (QED) is 0.848. The second-order valence-corrected chi connectivity index (χ2v) is 5.05. The molecule has 0 saturated heterocycles. The molecule has 0 bridgehead atoms. The van der Waals surface area contributed by atoms with Gasteiger partial charge in [0.2, 0.25) is 5.69 Å². The highest BCUT2D eigenvalue weighted by molar-refractivity contribution is 7.10. The van der Waals surface area contributed by atoms with Gasteiger partial charge in [-0.15, -0.1) is 5.10 Å². The molecule has 8 heteroatoms. The van der Waals surface area contributed by atoms with Crippen molar-refractivity contribution in [2.45, 2.75) is 33.3 Å². The van der Waals surface area contributed by atoms with Gasteiger partial charge in [0.15, 0.2) is 5.00 Å². The minimum atomic E-state index is -0.668. The molecule has 1 aromatic rings. The fraction of sp³-hybridized carbons (Fsp3) is 0.600. The molecule has 0 atom stereocenters. The summed E-state index contributed by atoms with van der Waals surface area (Å²) in [5.41, 5.74) is -0.639. The summed E-state index contributed by atoms with van der Waals surface area (Å²) in [5.74, 6) is -0.627. The molecule has 0 spiro atoms. The van der Waals surface area contributed by atoms with Crippen molar-refractivity contribution in [1.82, 2.24) is 9.59 Å². The first-order valence-electron chi connectivity index (χ1n) is 5.33. The van der Waals surface area contributed by atoms with Crippen LogP contribution in [-0.2, 0) is 9.47 Å². The lowest BCUT2D eigenvalue weighted by molar-refractivity contribution is 0.0520. The second kappa shape index (κ2) is 5.76. The lowest BCUT2D eigenvalue weighted by Crippen LogP contribution is -2.27. The Hall–Kier alpha value is -1.70. The zero-order valence-corrected chi connectivity index (χ0v) is 11.5. The van der Waals surface area contributed by atoms with Crippen LogP contribution >= 0.6 is 11.5 Å². The number of esters is 1. The average molecular weight is 273 g/mol. The molecule has 7 nitrogen and oxygen atoms in total. The zero-order chi connectivity index (χ0) is 13.8. The van der Waals surface area contributed by atoms with E-state index in [9.17, 15) is 9.59 Å². The van der Waals surface area contributed by atoms with Crippen LogP contribution in [0.25, 0.3) is 0 Å². The highest BCUT2D eigenvalue weighted by Crippen LogP contribution is 2.19. The first-order chi connectivity index (χ1) is 8.33. The Morgan fingerprint density at radius 2 is 2.06 bits per heavy atom. The monoisotopic (exact) mass is 273 g/mol. The Morgan fingerprint density at radius 1 is 1.39 bits per heavy atom. The maximum Gasteiger partial charge on any atom is 0.412 e. The number of nitrogens with one attached hydrogen (secondary N) is 1. The van der Waals surface area contributed by atoms with Crippen LogP contribution in [0.4, 0.5) is 9.80 Å². The first-order valence-corrected chi connectivity index (χ1v) is 6.10. The molecule has 0 saturated carbocycles. The molecule has 100 valence electrons. The molecule has 1 heterocycles. The Labute approximate surface area is 109 Å². The fourth-order valence-corrected chi connectivity index (χ4v) is 1.55. The maximum atomic E-state index is 11.5. The van der Waals surface area contributed by atoms with Crippen molar-refractivity contribution in [3.05, 3.63) is 5.69 Å². The molecule has 18 heavy (non-hydrogen) atoms. The SMILES string of the molecule is CCOC(=O)c1nnsc1NC(=O)OC(C)(C)C. The number of carbonyl (C=O) groups excluding carboxylic acids is 2. The van der Waals surface area contributed by atoms with Gasteiger partial charge in [-0.25, -0.2) is 9.59 Å². The van der Waals surface area contributed by atoms with Crippen molar-refractivity contribution in [3.8, 4) is 0 Å². The summed E-state index contributed by atoms with van der Waals surface area (Å²) in [7, 11) is 0. The van der Waals surface area contributed by atoms with E-state index in [1.807, 2.05) is 0 Å². The van der Waals surface area contributed by atoms with Crippen LogP contribution in [0.1, 0.15) is 38.2 Å². The van der Waals surface area contributed by atoms with Gasteiger partial charge in [0, 0.05) is 11.5 Å². The number of amides is 1. The van der Waals surface area contributed by atoms with E-state index in [4.69, 9.17) is 9.47 Å². The predicted octanol–water partition coefficient (Wildman–Crippen LogP) is 2.06. The number of nitrogens with zero attached hydrogens (tertiary/aromatic N) is 2. The van der Waals surface area contributed by atoms with Crippen molar-refractivity contribution in [3.63, 3.8) is 0 Å². The molecule has 0 aliphatic carbocycles. The molecule has 1 aromatic heterocycles. The van der Waals surface area contributed by atoms with Crippen LogP contribution in [-0.4, -0.2) is 33.9 Å². The average Bonchev–Trinajstić information content (AvgIpc) is 2.62. The van der Waals surface area contributed by atoms with Gasteiger partial charge in [0.25, 0.3) is 0 Å². The number of anilines is 1. The van der Waals surface area contributed by atoms with Gasteiger partial charge in [-0.1, -0.05) is 4.49 Å². The Morgan fingerprint density at radius 3 is 2.61 bits per heavy atom. The third-order valence-electron chi connectivity index (χ3n) is 1.57. The lowest BCUT2D eigenvalue weighted by Gasteiger charge is -2.19. The number of rotatable bonds is 3. The van der Waals surface area contributed by atoms with Gasteiger partial charge in [0.05, 0.1) is 6.61 Å².